The smallest absolute Gasteiger partial charge is 0.255 e. The van der Waals surface area contributed by atoms with Crippen LogP contribution in [0.25, 0.3) is 0 Å². The summed E-state index contributed by atoms with van der Waals surface area (Å²) < 4.78 is 0. The third-order valence-corrected chi connectivity index (χ3v) is 5.97. The molecule has 3 heterocycles. The van der Waals surface area contributed by atoms with Gasteiger partial charge in [-0.1, -0.05) is 6.42 Å². The summed E-state index contributed by atoms with van der Waals surface area (Å²) in [4.78, 5) is 31.0. The van der Waals surface area contributed by atoms with E-state index < -0.39 is 0 Å². The number of rotatable bonds is 4. The molecule has 1 amide bonds. The summed E-state index contributed by atoms with van der Waals surface area (Å²) in [7, 11) is 0. The SMILES string of the molecule is O=C(c1cncc(Sc2ncccn2)c1)N1CCCN(C2CCC2)CC1. The quantitative estimate of drug-likeness (QED) is 0.772. The molecule has 2 fully saturated rings. The highest BCUT2D eigenvalue weighted by Gasteiger charge is 2.28. The Morgan fingerprint density at radius 2 is 1.88 bits per heavy atom. The predicted octanol–water partition coefficient (Wildman–Crippen LogP) is 2.72. The Morgan fingerprint density at radius 1 is 1.04 bits per heavy atom. The summed E-state index contributed by atoms with van der Waals surface area (Å²) >= 11 is 1.42. The van der Waals surface area contributed by atoms with Crippen molar-refractivity contribution in [2.45, 2.75) is 41.8 Å². The van der Waals surface area contributed by atoms with E-state index in [1.807, 2.05) is 11.0 Å². The largest absolute Gasteiger partial charge is 0.337 e. The van der Waals surface area contributed by atoms with E-state index >= 15 is 0 Å². The summed E-state index contributed by atoms with van der Waals surface area (Å²) in [6, 6.07) is 4.43. The first-order valence-corrected chi connectivity index (χ1v) is 10.0. The molecule has 4 rings (SSSR count). The van der Waals surface area contributed by atoms with Crippen molar-refractivity contribution < 1.29 is 4.79 Å². The van der Waals surface area contributed by atoms with Gasteiger partial charge in [-0.3, -0.25) is 14.7 Å². The van der Waals surface area contributed by atoms with E-state index in [9.17, 15) is 4.79 Å². The molecule has 2 aromatic heterocycles. The first-order chi connectivity index (χ1) is 12.8. The number of amides is 1. The molecule has 136 valence electrons. The molecule has 26 heavy (non-hydrogen) atoms. The second kappa shape index (κ2) is 8.14. The summed E-state index contributed by atoms with van der Waals surface area (Å²) in [5.74, 6) is 0.0735. The maximum Gasteiger partial charge on any atom is 0.255 e. The molecule has 1 aliphatic heterocycles. The maximum absolute atomic E-state index is 12.9. The van der Waals surface area contributed by atoms with Crippen LogP contribution in [0.4, 0.5) is 0 Å². The van der Waals surface area contributed by atoms with Crippen LogP contribution in [0.15, 0.2) is 47.0 Å². The minimum atomic E-state index is 0.0735. The summed E-state index contributed by atoms with van der Waals surface area (Å²) in [6.45, 7) is 3.71. The van der Waals surface area contributed by atoms with Crippen LogP contribution >= 0.6 is 11.8 Å². The molecule has 1 saturated carbocycles. The zero-order valence-corrected chi connectivity index (χ0v) is 15.6. The molecule has 1 aliphatic carbocycles. The van der Waals surface area contributed by atoms with Crippen molar-refractivity contribution in [3.63, 3.8) is 0 Å². The number of hydrogen-bond acceptors (Lipinski definition) is 6. The number of hydrogen-bond donors (Lipinski definition) is 0. The van der Waals surface area contributed by atoms with E-state index in [1.54, 1.807) is 30.9 Å². The Kier molecular flexibility index (Phi) is 5.45. The number of pyridine rings is 1. The molecule has 0 atom stereocenters. The normalized spacial score (nSPS) is 19.0. The van der Waals surface area contributed by atoms with Gasteiger partial charge in [-0.05, 0) is 43.2 Å². The fraction of sp³-hybridized carbons (Fsp3) is 0.474. The molecule has 0 unspecified atom stereocenters. The van der Waals surface area contributed by atoms with Crippen molar-refractivity contribution in [3.05, 3.63) is 42.5 Å². The van der Waals surface area contributed by atoms with Crippen LogP contribution in [0.1, 0.15) is 36.0 Å². The van der Waals surface area contributed by atoms with Crippen LogP contribution in [0.2, 0.25) is 0 Å². The van der Waals surface area contributed by atoms with E-state index in [1.165, 1.54) is 31.0 Å². The number of carbonyl (C=O) groups is 1. The number of aromatic nitrogens is 3. The van der Waals surface area contributed by atoms with Crippen LogP contribution < -0.4 is 0 Å². The molecule has 0 radical (unpaired) electrons. The van der Waals surface area contributed by atoms with Crippen LogP contribution in [0.3, 0.4) is 0 Å². The molecule has 0 spiro atoms. The van der Waals surface area contributed by atoms with Gasteiger partial charge in [-0.25, -0.2) is 9.97 Å². The van der Waals surface area contributed by atoms with Gasteiger partial charge in [0.05, 0.1) is 5.56 Å². The highest BCUT2D eigenvalue weighted by Crippen LogP contribution is 2.26. The van der Waals surface area contributed by atoms with E-state index in [2.05, 4.69) is 19.9 Å². The van der Waals surface area contributed by atoms with E-state index in [0.717, 1.165) is 43.5 Å². The highest BCUT2D eigenvalue weighted by atomic mass is 32.2. The average molecular weight is 369 g/mol. The summed E-state index contributed by atoms with van der Waals surface area (Å²) in [6.07, 6.45) is 11.9. The molecule has 2 aliphatic rings. The molecular weight excluding hydrogens is 346 g/mol. The highest BCUT2D eigenvalue weighted by molar-refractivity contribution is 7.99. The lowest BCUT2D eigenvalue weighted by Crippen LogP contribution is -2.42. The van der Waals surface area contributed by atoms with Crippen molar-refractivity contribution in [2.24, 2.45) is 0 Å². The molecule has 1 saturated heterocycles. The van der Waals surface area contributed by atoms with E-state index in [4.69, 9.17) is 0 Å². The van der Waals surface area contributed by atoms with Gasteiger partial charge < -0.3 is 4.90 Å². The van der Waals surface area contributed by atoms with Gasteiger partial charge in [0.15, 0.2) is 5.16 Å². The lowest BCUT2D eigenvalue weighted by molar-refractivity contribution is 0.0749. The van der Waals surface area contributed by atoms with Crippen molar-refractivity contribution in [1.82, 2.24) is 24.8 Å². The second-order valence-corrected chi connectivity index (χ2v) is 7.85. The Hall–Kier alpha value is -1.99. The Balaban J connectivity index is 1.41. The summed E-state index contributed by atoms with van der Waals surface area (Å²) in [5, 5.41) is 0.657. The predicted molar refractivity (Wildman–Crippen MR) is 100 cm³/mol. The van der Waals surface area contributed by atoms with Gasteiger partial charge in [0.2, 0.25) is 0 Å². The Bertz CT molecular complexity index is 753. The van der Waals surface area contributed by atoms with Crippen molar-refractivity contribution >= 4 is 17.7 Å². The Labute approximate surface area is 158 Å². The molecule has 0 bridgehead atoms. The molecule has 7 heteroatoms. The number of carbonyl (C=O) groups excluding carboxylic acids is 1. The van der Waals surface area contributed by atoms with Gasteiger partial charge in [0.25, 0.3) is 5.91 Å². The molecule has 0 aromatic carbocycles. The standard InChI is InChI=1S/C19H23N5OS/c25-18(24-9-3-8-23(10-11-24)16-4-1-5-16)15-12-17(14-20-13-15)26-19-21-6-2-7-22-19/h2,6-7,12-14,16H,1,3-5,8-11H2. The lowest BCUT2D eigenvalue weighted by Gasteiger charge is -2.36. The maximum atomic E-state index is 12.9. The van der Waals surface area contributed by atoms with Crippen LogP contribution in [-0.2, 0) is 0 Å². The van der Waals surface area contributed by atoms with Gasteiger partial charge >= 0.3 is 0 Å². The summed E-state index contributed by atoms with van der Waals surface area (Å²) in [5.41, 5.74) is 0.642. The molecule has 6 nitrogen and oxygen atoms in total. The molecular formula is C19H23N5OS. The van der Waals surface area contributed by atoms with Gasteiger partial charge in [-0.2, -0.15) is 0 Å². The van der Waals surface area contributed by atoms with Crippen molar-refractivity contribution in [1.29, 1.82) is 0 Å². The number of nitrogens with zero attached hydrogens (tertiary/aromatic N) is 5. The zero-order valence-electron chi connectivity index (χ0n) is 14.8. The Morgan fingerprint density at radius 3 is 2.65 bits per heavy atom. The first kappa shape index (κ1) is 17.4. The fourth-order valence-electron chi connectivity index (χ4n) is 3.48. The van der Waals surface area contributed by atoms with Crippen LogP contribution in [0, 0.1) is 0 Å². The molecule has 0 N–H and O–H groups in total. The van der Waals surface area contributed by atoms with E-state index in [0.29, 0.717) is 10.7 Å². The minimum absolute atomic E-state index is 0.0735. The van der Waals surface area contributed by atoms with Crippen LogP contribution in [0.5, 0.6) is 0 Å². The van der Waals surface area contributed by atoms with E-state index in [-0.39, 0.29) is 5.91 Å². The topological polar surface area (TPSA) is 62.2 Å². The molecule has 2 aromatic rings. The van der Waals surface area contributed by atoms with Crippen LogP contribution in [-0.4, -0.2) is 62.9 Å². The second-order valence-electron chi connectivity index (χ2n) is 6.81. The van der Waals surface area contributed by atoms with Gasteiger partial charge in [0.1, 0.15) is 0 Å². The lowest BCUT2D eigenvalue weighted by atomic mass is 9.91. The first-order valence-electron chi connectivity index (χ1n) is 9.23. The third-order valence-electron chi connectivity index (χ3n) is 5.12. The monoisotopic (exact) mass is 369 g/mol. The fourth-order valence-corrected chi connectivity index (χ4v) is 4.21. The van der Waals surface area contributed by atoms with Gasteiger partial charge in [-0.15, -0.1) is 0 Å². The third kappa shape index (κ3) is 4.04. The zero-order chi connectivity index (χ0) is 17.8. The average Bonchev–Trinajstić information content (AvgIpc) is 2.87. The minimum Gasteiger partial charge on any atom is -0.337 e. The van der Waals surface area contributed by atoms with Gasteiger partial charge in [0, 0.05) is 61.9 Å². The van der Waals surface area contributed by atoms with Crippen molar-refractivity contribution in [2.75, 3.05) is 26.2 Å². The van der Waals surface area contributed by atoms with Crippen molar-refractivity contribution in [3.8, 4) is 0 Å².